The molecule has 0 aliphatic heterocycles. The number of carbonyl (C=O) groups is 1. The van der Waals surface area contributed by atoms with E-state index in [2.05, 4.69) is 6.07 Å². The molecular weight excluding hydrogens is 292 g/mol. The number of nitro groups is 1. The van der Waals surface area contributed by atoms with Crippen LogP contribution < -0.4 is 0 Å². The van der Waals surface area contributed by atoms with Crippen molar-refractivity contribution in [2.24, 2.45) is 0 Å². The molecule has 0 spiro atoms. The molecule has 2 aromatic rings. The Morgan fingerprint density at radius 1 is 1.17 bits per heavy atom. The lowest BCUT2D eigenvalue weighted by Crippen LogP contribution is -2.42. The molecule has 0 aromatic heterocycles. The number of benzene rings is 2. The van der Waals surface area contributed by atoms with Crippen molar-refractivity contribution in [3.05, 3.63) is 81.9 Å². The summed E-state index contributed by atoms with van der Waals surface area (Å²) in [4.78, 5) is 23.2. The van der Waals surface area contributed by atoms with Crippen LogP contribution in [0.1, 0.15) is 24.0 Å². The number of rotatable bonds is 6. The summed E-state index contributed by atoms with van der Waals surface area (Å²) in [6, 6.07) is 19.3. The molecule has 0 amide bonds. The minimum Gasteiger partial charge on any atom is -0.298 e. The van der Waals surface area contributed by atoms with Gasteiger partial charge in [-0.15, -0.1) is 0 Å². The Kier molecular flexibility index (Phi) is 4.87. The molecule has 0 bridgehead atoms. The Morgan fingerprint density at radius 3 is 2.13 bits per heavy atom. The molecule has 0 radical (unpaired) electrons. The van der Waals surface area contributed by atoms with Crippen LogP contribution in [-0.4, -0.2) is 17.3 Å². The average Bonchev–Trinajstić information content (AvgIpc) is 2.56. The van der Waals surface area contributed by atoms with E-state index >= 15 is 0 Å². The van der Waals surface area contributed by atoms with Crippen molar-refractivity contribution in [2.75, 3.05) is 6.54 Å². The highest BCUT2D eigenvalue weighted by Crippen LogP contribution is 2.40. The summed E-state index contributed by atoms with van der Waals surface area (Å²) in [5.74, 6) is -1.26. The van der Waals surface area contributed by atoms with Crippen molar-refractivity contribution in [2.45, 2.75) is 18.3 Å². The first-order valence-corrected chi connectivity index (χ1v) is 7.17. The summed E-state index contributed by atoms with van der Waals surface area (Å²) >= 11 is 0. The predicted molar refractivity (Wildman–Crippen MR) is 85.5 cm³/mol. The monoisotopic (exact) mass is 308 g/mol. The van der Waals surface area contributed by atoms with Gasteiger partial charge in [0.25, 0.3) is 0 Å². The van der Waals surface area contributed by atoms with Crippen LogP contribution in [-0.2, 0) is 10.2 Å². The van der Waals surface area contributed by atoms with Gasteiger partial charge in [0.15, 0.2) is 11.2 Å². The number of ketones is 1. The fraction of sp³-hybridized carbons (Fsp3) is 0.222. The maximum absolute atomic E-state index is 12.4. The van der Waals surface area contributed by atoms with E-state index < -0.39 is 28.6 Å². The quantitative estimate of drug-likeness (QED) is 0.606. The fourth-order valence-electron chi connectivity index (χ4n) is 2.90. The smallest absolute Gasteiger partial charge is 0.213 e. The first-order chi connectivity index (χ1) is 11.0. The summed E-state index contributed by atoms with van der Waals surface area (Å²) in [5.41, 5.74) is -0.508. The third-order valence-electron chi connectivity index (χ3n) is 4.02. The lowest BCUT2D eigenvalue weighted by atomic mass is 9.66. The van der Waals surface area contributed by atoms with Crippen LogP contribution >= 0.6 is 0 Å². The van der Waals surface area contributed by atoms with E-state index in [0.717, 1.165) is 0 Å². The van der Waals surface area contributed by atoms with Gasteiger partial charge in [0.05, 0.1) is 12.0 Å². The third kappa shape index (κ3) is 3.11. The SMILES string of the molecule is CC(=O)[C@](C#N)(c1ccccc1)[C@@H](C[N+](=O)[O-])c1ccccc1. The number of nitrogens with zero attached hydrogens (tertiary/aromatic N) is 2. The molecule has 0 unspecified atom stereocenters. The first-order valence-electron chi connectivity index (χ1n) is 7.17. The van der Waals surface area contributed by atoms with E-state index in [0.29, 0.717) is 11.1 Å². The van der Waals surface area contributed by atoms with Crippen molar-refractivity contribution in [1.29, 1.82) is 5.26 Å². The normalized spacial score (nSPS) is 14.3. The second-order valence-electron chi connectivity index (χ2n) is 5.32. The van der Waals surface area contributed by atoms with Crippen molar-refractivity contribution in [1.82, 2.24) is 0 Å². The van der Waals surface area contributed by atoms with Crippen LogP contribution in [0.2, 0.25) is 0 Å². The highest BCUT2D eigenvalue weighted by molar-refractivity contribution is 5.92. The Morgan fingerprint density at radius 2 is 1.70 bits per heavy atom. The van der Waals surface area contributed by atoms with E-state index in [4.69, 9.17) is 0 Å². The van der Waals surface area contributed by atoms with Crippen LogP contribution in [0.3, 0.4) is 0 Å². The van der Waals surface area contributed by atoms with E-state index in [-0.39, 0.29) is 0 Å². The minimum absolute atomic E-state index is 0.401. The second-order valence-corrected chi connectivity index (χ2v) is 5.32. The first kappa shape index (κ1) is 16.4. The minimum atomic E-state index is -1.59. The zero-order valence-corrected chi connectivity index (χ0v) is 12.7. The average molecular weight is 308 g/mol. The summed E-state index contributed by atoms with van der Waals surface area (Å²) < 4.78 is 0. The van der Waals surface area contributed by atoms with Crippen molar-refractivity contribution >= 4 is 5.78 Å². The van der Waals surface area contributed by atoms with Crippen molar-refractivity contribution in [3.63, 3.8) is 0 Å². The highest BCUT2D eigenvalue weighted by Gasteiger charge is 2.48. The Hall–Kier alpha value is -3.00. The van der Waals surface area contributed by atoms with Gasteiger partial charge < -0.3 is 0 Å². The third-order valence-corrected chi connectivity index (χ3v) is 4.02. The molecule has 0 aliphatic rings. The molecule has 5 nitrogen and oxygen atoms in total. The molecular formula is C18H16N2O3. The van der Waals surface area contributed by atoms with Crippen LogP contribution in [0, 0.1) is 21.4 Å². The molecule has 2 atom stereocenters. The van der Waals surface area contributed by atoms with Gasteiger partial charge in [-0.2, -0.15) is 5.26 Å². The Bertz CT molecular complexity index is 738. The zero-order chi connectivity index (χ0) is 16.9. The maximum Gasteiger partial charge on any atom is 0.213 e. The lowest BCUT2D eigenvalue weighted by Gasteiger charge is -2.31. The number of hydrogen-bond acceptors (Lipinski definition) is 4. The van der Waals surface area contributed by atoms with Crippen molar-refractivity contribution < 1.29 is 9.72 Å². The molecule has 0 N–H and O–H groups in total. The van der Waals surface area contributed by atoms with Gasteiger partial charge in [-0.3, -0.25) is 14.9 Å². The summed E-state index contributed by atoms with van der Waals surface area (Å²) in [6.45, 7) is 0.818. The van der Waals surface area contributed by atoms with Crippen molar-refractivity contribution in [3.8, 4) is 6.07 Å². The van der Waals surface area contributed by atoms with E-state index in [1.807, 2.05) is 0 Å². The molecule has 0 fully saturated rings. The van der Waals surface area contributed by atoms with Gasteiger partial charge in [-0.25, -0.2) is 0 Å². The van der Waals surface area contributed by atoms with E-state index in [9.17, 15) is 20.2 Å². The summed E-state index contributed by atoms with van der Waals surface area (Å²) in [6.07, 6.45) is 0. The summed E-state index contributed by atoms with van der Waals surface area (Å²) in [7, 11) is 0. The maximum atomic E-state index is 12.4. The zero-order valence-electron chi connectivity index (χ0n) is 12.7. The molecule has 2 aromatic carbocycles. The highest BCUT2D eigenvalue weighted by atomic mass is 16.6. The lowest BCUT2D eigenvalue weighted by molar-refractivity contribution is -0.484. The van der Waals surface area contributed by atoms with Crippen LogP contribution in [0.25, 0.3) is 0 Å². The van der Waals surface area contributed by atoms with Crippen LogP contribution in [0.4, 0.5) is 0 Å². The number of hydrogen-bond donors (Lipinski definition) is 0. The molecule has 0 aliphatic carbocycles. The number of carbonyl (C=O) groups excluding carboxylic acids is 1. The molecule has 2 rings (SSSR count). The standard InChI is InChI=1S/C18H16N2O3/c1-14(21)18(13-19,16-10-6-3-7-11-16)17(12-20(22)23)15-8-4-2-5-9-15/h2-11,17H,12H2,1H3/t17-,18+/m0/s1. The van der Waals surface area contributed by atoms with Crippen LogP contribution in [0.5, 0.6) is 0 Å². The predicted octanol–water partition coefficient (Wildman–Crippen LogP) is 3.10. The largest absolute Gasteiger partial charge is 0.298 e. The molecule has 5 heteroatoms. The van der Waals surface area contributed by atoms with Gasteiger partial charge in [0.2, 0.25) is 6.54 Å². The van der Waals surface area contributed by atoms with Gasteiger partial charge in [-0.05, 0) is 18.1 Å². The molecule has 116 valence electrons. The number of Topliss-reactive ketones (excluding diaryl/α,β-unsaturated/α-hetero) is 1. The number of nitriles is 1. The molecule has 0 saturated heterocycles. The van der Waals surface area contributed by atoms with E-state index in [1.54, 1.807) is 60.7 Å². The van der Waals surface area contributed by atoms with Gasteiger partial charge in [0, 0.05) is 4.92 Å². The van der Waals surface area contributed by atoms with Gasteiger partial charge >= 0.3 is 0 Å². The second kappa shape index (κ2) is 6.84. The molecule has 0 heterocycles. The fourth-order valence-corrected chi connectivity index (χ4v) is 2.90. The topological polar surface area (TPSA) is 84.0 Å². The van der Waals surface area contributed by atoms with E-state index in [1.165, 1.54) is 6.92 Å². The van der Waals surface area contributed by atoms with Gasteiger partial charge in [-0.1, -0.05) is 60.7 Å². The summed E-state index contributed by atoms with van der Waals surface area (Å²) in [5, 5.41) is 21.0. The van der Waals surface area contributed by atoms with Crippen LogP contribution in [0.15, 0.2) is 60.7 Å². The Labute approximate surface area is 134 Å². The van der Waals surface area contributed by atoms with Gasteiger partial charge in [0.1, 0.15) is 0 Å². The Balaban J connectivity index is 2.70. The molecule has 0 saturated carbocycles. The molecule has 23 heavy (non-hydrogen) atoms.